The lowest BCUT2D eigenvalue weighted by atomic mass is 10.2. The lowest BCUT2D eigenvalue weighted by Crippen LogP contribution is -2.33. The molecule has 5 nitrogen and oxygen atoms in total. The largest absolute Gasteiger partial charge is 0.399 e. The summed E-state index contributed by atoms with van der Waals surface area (Å²) in [5.41, 5.74) is 9.78. The van der Waals surface area contributed by atoms with Crippen molar-refractivity contribution in [3.63, 3.8) is 0 Å². The maximum absolute atomic E-state index is 13.2. The van der Waals surface area contributed by atoms with E-state index in [1.54, 1.807) is 0 Å². The second kappa shape index (κ2) is 5.15. The van der Waals surface area contributed by atoms with Crippen molar-refractivity contribution < 1.29 is 13.6 Å². The third-order valence-corrected chi connectivity index (χ3v) is 1.79. The number of urea groups is 1. The molecule has 2 amide bonds. The Hall–Kier alpha value is -2.05. The number of benzene rings is 1. The Kier molecular flexibility index (Phi) is 3.87. The zero-order valence-corrected chi connectivity index (χ0v) is 8.39. The zero-order valence-electron chi connectivity index (χ0n) is 8.39. The van der Waals surface area contributed by atoms with E-state index in [9.17, 15) is 13.6 Å². The molecule has 1 aromatic carbocycles. The van der Waals surface area contributed by atoms with E-state index in [0.29, 0.717) is 0 Å². The predicted molar refractivity (Wildman–Crippen MR) is 56.8 cm³/mol. The summed E-state index contributed by atoms with van der Waals surface area (Å²) >= 11 is 0. The van der Waals surface area contributed by atoms with E-state index in [-0.39, 0.29) is 24.5 Å². The molecule has 0 bridgehead atoms. The van der Waals surface area contributed by atoms with Crippen molar-refractivity contribution in [2.45, 2.75) is 0 Å². The maximum atomic E-state index is 13.2. The fourth-order valence-electron chi connectivity index (χ4n) is 1.13. The highest BCUT2D eigenvalue weighted by atomic mass is 19.1. The summed E-state index contributed by atoms with van der Waals surface area (Å²) in [5.74, 6) is -1.56. The highest BCUT2D eigenvalue weighted by molar-refractivity contribution is 5.71. The molecule has 16 heavy (non-hydrogen) atoms. The number of anilines is 2. The van der Waals surface area contributed by atoms with Gasteiger partial charge in [0.05, 0.1) is 0 Å². The minimum atomic E-state index is -0.781. The summed E-state index contributed by atoms with van der Waals surface area (Å²) in [6, 6.07) is 1.32. The van der Waals surface area contributed by atoms with Gasteiger partial charge in [-0.2, -0.15) is 0 Å². The molecule has 0 saturated heterocycles. The van der Waals surface area contributed by atoms with Crippen LogP contribution >= 0.6 is 0 Å². The van der Waals surface area contributed by atoms with Gasteiger partial charge < -0.3 is 22.1 Å². The molecule has 1 rings (SSSR count). The Balaban J connectivity index is 2.57. The number of nitrogens with one attached hydrogen (secondary N) is 2. The fraction of sp³-hybridized carbons (Fsp3) is 0.222. The van der Waals surface area contributed by atoms with Gasteiger partial charge in [-0.3, -0.25) is 0 Å². The van der Waals surface area contributed by atoms with Gasteiger partial charge in [0.1, 0.15) is 5.69 Å². The number of primary amides is 1. The van der Waals surface area contributed by atoms with E-state index < -0.39 is 17.7 Å². The molecule has 0 saturated carbocycles. The Morgan fingerprint density at radius 1 is 1.25 bits per heavy atom. The first-order valence-electron chi connectivity index (χ1n) is 4.52. The summed E-state index contributed by atoms with van der Waals surface area (Å²) in [6.45, 7) is 0.319. The molecule has 0 atom stereocenters. The molecular formula is C9H12F2N4O. The van der Waals surface area contributed by atoms with Gasteiger partial charge in [0.15, 0.2) is 11.6 Å². The molecule has 0 heterocycles. The van der Waals surface area contributed by atoms with Crippen LogP contribution in [0, 0.1) is 11.6 Å². The number of halogens is 2. The highest BCUT2D eigenvalue weighted by Gasteiger charge is 2.09. The topological polar surface area (TPSA) is 93.2 Å². The summed E-state index contributed by atoms with van der Waals surface area (Å²) in [6.07, 6.45) is 0. The number of hydrogen-bond donors (Lipinski definition) is 4. The molecule has 6 N–H and O–H groups in total. The van der Waals surface area contributed by atoms with Gasteiger partial charge in [0, 0.05) is 18.8 Å². The van der Waals surface area contributed by atoms with Crippen molar-refractivity contribution in [1.82, 2.24) is 5.32 Å². The van der Waals surface area contributed by atoms with Gasteiger partial charge in [0.2, 0.25) is 0 Å². The zero-order chi connectivity index (χ0) is 12.1. The third-order valence-electron chi connectivity index (χ3n) is 1.79. The van der Waals surface area contributed by atoms with Crippen molar-refractivity contribution in [2.75, 3.05) is 24.1 Å². The monoisotopic (exact) mass is 230 g/mol. The van der Waals surface area contributed by atoms with Crippen LogP contribution in [0.2, 0.25) is 0 Å². The minimum absolute atomic E-state index is 0.0100. The van der Waals surface area contributed by atoms with Crippen LogP contribution in [0.15, 0.2) is 12.1 Å². The first-order valence-corrected chi connectivity index (χ1v) is 4.52. The second-order valence-electron chi connectivity index (χ2n) is 3.08. The summed E-state index contributed by atoms with van der Waals surface area (Å²) in [4.78, 5) is 10.3. The molecule has 0 radical (unpaired) electrons. The van der Waals surface area contributed by atoms with Crippen LogP contribution in [-0.4, -0.2) is 19.1 Å². The number of carbonyl (C=O) groups excluding carboxylic acids is 1. The second-order valence-corrected chi connectivity index (χ2v) is 3.08. The predicted octanol–water partition coefficient (Wildman–Crippen LogP) is 0.627. The van der Waals surface area contributed by atoms with Crippen molar-refractivity contribution in [2.24, 2.45) is 5.73 Å². The number of rotatable bonds is 4. The number of carbonyl (C=O) groups is 1. The van der Waals surface area contributed by atoms with Crippen LogP contribution in [-0.2, 0) is 0 Å². The number of amides is 2. The van der Waals surface area contributed by atoms with Crippen molar-refractivity contribution >= 4 is 17.4 Å². The van der Waals surface area contributed by atoms with Gasteiger partial charge in [-0.25, -0.2) is 13.6 Å². The Morgan fingerprint density at radius 3 is 2.31 bits per heavy atom. The lowest BCUT2D eigenvalue weighted by Gasteiger charge is -2.09. The van der Waals surface area contributed by atoms with Gasteiger partial charge in [-0.1, -0.05) is 0 Å². The maximum Gasteiger partial charge on any atom is 0.312 e. The van der Waals surface area contributed by atoms with Crippen LogP contribution in [0.1, 0.15) is 0 Å². The fourth-order valence-corrected chi connectivity index (χ4v) is 1.13. The first-order chi connectivity index (χ1) is 7.50. The Morgan fingerprint density at radius 2 is 1.81 bits per heavy atom. The van der Waals surface area contributed by atoms with E-state index in [2.05, 4.69) is 10.6 Å². The van der Waals surface area contributed by atoms with E-state index in [4.69, 9.17) is 11.5 Å². The number of nitrogen functional groups attached to an aromatic ring is 1. The molecule has 0 fully saturated rings. The van der Waals surface area contributed by atoms with Crippen LogP contribution in [0.5, 0.6) is 0 Å². The summed E-state index contributed by atoms with van der Waals surface area (Å²) < 4.78 is 26.4. The summed E-state index contributed by atoms with van der Waals surface area (Å²) in [5, 5.41) is 4.76. The van der Waals surface area contributed by atoms with E-state index >= 15 is 0 Å². The van der Waals surface area contributed by atoms with Gasteiger partial charge in [-0.05, 0) is 12.1 Å². The smallest absolute Gasteiger partial charge is 0.312 e. The summed E-state index contributed by atoms with van der Waals surface area (Å²) in [7, 11) is 0. The lowest BCUT2D eigenvalue weighted by molar-refractivity contribution is 0.249. The van der Waals surface area contributed by atoms with Crippen molar-refractivity contribution in [3.05, 3.63) is 23.8 Å². The van der Waals surface area contributed by atoms with Crippen LogP contribution < -0.4 is 22.1 Å². The van der Waals surface area contributed by atoms with Gasteiger partial charge in [0.25, 0.3) is 0 Å². The molecule has 0 aliphatic heterocycles. The molecule has 0 aliphatic carbocycles. The third kappa shape index (κ3) is 3.26. The Bertz CT molecular complexity index is 374. The average molecular weight is 230 g/mol. The van der Waals surface area contributed by atoms with Gasteiger partial charge in [-0.15, -0.1) is 0 Å². The standard InChI is InChI=1S/C9H12F2N4O/c10-6-3-5(12)4-7(11)8(6)14-1-2-15-9(13)16/h3-4,14H,1-2,12H2,(H3,13,15,16). The average Bonchev–Trinajstić information content (AvgIpc) is 2.14. The minimum Gasteiger partial charge on any atom is -0.399 e. The first kappa shape index (κ1) is 12.0. The number of hydrogen-bond acceptors (Lipinski definition) is 3. The quantitative estimate of drug-likeness (QED) is 0.451. The molecule has 0 unspecified atom stereocenters. The van der Waals surface area contributed by atoms with Crippen LogP contribution in [0.3, 0.4) is 0 Å². The van der Waals surface area contributed by atoms with Gasteiger partial charge >= 0.3 is 6.03 Å². The van der Waals surface area contributed by atoms with E-state index in [1.807, 2.05) is 0 Å². The Labute approximate surface area is 90.8 Å². The SMILES string of the molecule is NC(=O)NCCNc1c(F)cc(N)cc1F. The van der Waals surface area contributed by atoms with Crippen molar-refractivity contribution in [1.29, 1.82) is 0 Å². The molecule has 0 spiro atoms. The highest BCUT2D eigenvalue weighted by Crippen LogP contribution is 2.21. The van der Waals surface area contributed by atoms with E-state index in [0.717, 1.165) is 12.1 Å². The number of nitrogens with two attached hydrogens (primary N) is 2. The van der Waals surface area contributed by atoms with E-state index in [1.165, 1.54) is 0 Å². The molecule has 1 aromatic rings. The van der Waals surface area contributed by atoms with Crippen LogP contribution in [0.25, 0.3) is 0 Å². The molecule has 0 aliphatic rings. The molecule has 88 valence electrons. The molecule has 0 aromatic heterocycles. The normalized spacial score (nSPS) is 9.88. The molecule has 7 heteroatoms. The van der Waals surface area contributed by atoms with Crippen LogP contribution in [0.4, 0.5) is 25.0 Å². The molecular weight excluding hydrogens is 218 g/mol. The van der Waals surface area contributed by atoms with Crippen molar-refractivity contribution in [3.8, 4) is 0 Å².